The third-order valence-corrected chi connectivity index (χ3v) is 4.38. The van der Waals surface area contributed by atoms with Crippen molar-refractivity contribution in [2.75, 3.05) is 28.4 Å². The maximum Gasteiger partial charge on any atom is 0.203 e. The first kappa shape index (κ1) is 18.0. The van der Waals surface area contributed by atoms with Gasteiger partial charge in [0.05, 0.1) is 26.8 Å². The van der Waals surface area contributed by atoms with Crippen LogP contribution in [0, 0.1) is 0 Å². The Morgan fingerprint density at radius 3 is 2.27 bits per heavy atom. The lowest BCUT2D eigenvalue weighted by Crippen LogP contribution is -2.18. The SMILES string of the molecule is COc1ccc(CN(C)Cc2cccc3cccnc23)c(OC)c1OC. The van der Waals surface area contributed by atoms with E-state index in [9.17, 15) is 0 Å². The number of rotatable bonds is 7. The van der Waals surface area contributed by atoms with Crippen LogP contribution < -0.4 is 14.2 Å². The highest BCUT2D eigenvalue weighted by molar-refractivity contribution is 5.81. The number of nitrogens with zero attached hydrogens (tertiary/aromatic N) is 2. The van der Waals surface area contributed by atoms with Gasteiger partial charge in [-0.25, -0.2) is 0 Å². The fourth-order valence-electron chi connectivity index (χ4n) is 3.22. The molecular formula is C21H24N2O3. The number of hydrogen-bond acceptors (Lipinski definition) is 5. The molecule has 0 saturated carbocycles. The zero-order valence-corrected chi connectivity index (χ0v) is 15.7. The van der Waals surface area contributed by atoms with Crippen molar-refractivity contribution < 1.29 is 14.2 Å². The molecule has 2 aromatic carbocycles. The molecule has 5 nitrogen and oxygen atoms in total. The molecule has 3 rings (SSSR count). The van der Waals surface area contributed by atoms with Gasteiger partial charge in [0.1, 0.15) is 0 Å². The Labute approximate surface area is 154 Å². The van der Waals surface area contributed by atoms with Crippen LogP contribution in [-0.2, 0) is 13.1 Å². The molecule has 0 aliphatic heterocycles. The molecule has 0 N–H and O–H groups in total. The van der Waals surface area contributed by atoms with Gasteiger partial charge < -0.3 is 14.2 Å². The first-order valence-electron chi connectivity index (χ1n) is 8.47. The molecule has 0 aliphatic rings. The van der Waals surface area contributed by atoms with E-state index in [1.807, 2.05) is 24.4 Å². The van der Waals surface area contributed by atoms with Crippen molar-refractivity contribution in [3.05, 3.63) is 59.8 Å². The second-order valence-corrected chi connectivity index (χ2v) is 6.16. The van der Waals surface area contributed by atoms with Gasteiger partial charge in [-0.05, 0) is 24.7 Å². The van der Waals surface area contributed by atoms with Crippen LogP contribution in [0.3, 0.4) is 0 Å². The van der Waals surface area contributed by atoms with Gasteiger partial charge in [0.15, 0.2) is 11.5 Å². The minimum absolute atomic E-state index is 0.618. The van der Waals surface area contributed by atoms with Crippen LogP contribution in [0.1, 0.15) is 11.1 Å². The quantitative estimate of drug-likeness (QED) is 0.645. The highest BCUT2D eigenvalue weighted by Crippen LogP contribution is 2.40. The molecule has 26 heavy (non-hydrogen) atoms. The molecular weight excluding hydrogens is 328 g/mol. The van der Waals surface area contributed by atoms with Crippen LogP contribution in [-0.4, -0.2) is 38.3 Å². The molecule has 5 heteroatoms. The minimum Gasteiger partial charge on any atom is -0.493 e. The summed E-state index contributed by atoms with van der Waals surface area (Å²) in [5.41, 5.74) is 3.28. The van der Waals surface area contributed by atoms with Gasteiger partial charge in [0.2, 0.25) is 5.75 Å². The topological polar surface area (TPSA) is 43.8 Å². The van der Waals surface area contributed by atoms with Gasteiger partial charge in [0, 0.05) is 30.2 Å². The zero-order chi connectivity index (χ0) is 18.5. The van der Waals surface area contributed by atoms with E-state index in [-0.39, 0.29) is 0 Å². The van der Waals surface area contributed by atoms with Crippen molar-refractivity contribution in [1.29, 1.82) is 0 Å². The van der Waals surface area contributed by atoms with Gasteiger partial charge in [-0.15, -0.1) is 0 Å². The molecule has 0 unspecified atom stereocenters. The van der Waals surface area contributed by atoms with E-state index in [0.717, 1.165) is 23.0 Å². The van der Waals surface area contributed by atoms with E-state index in [1.54, 1.807) is 21.3 Å². The van der Waals surface area contributed by atoms with Crippen LogP contribution in [0.15, 0.2) is 48.7 Å². The highest BCUT2D eigenvalue weighted by Gasteiger charge is 2.17. The summed E-state index contributed by atoms with van der Waals surface area (Å²) >= 11 is 0. The Balaban J connectivity index is 1.85. The van der Waals surface area contributed by atoms with Crippen LogP contribution in [0.5, 0.6) is 17.2 Å². The van der Waals surface area contributed by atoms with Crippen LogP contribution >= 0.6 is 0 Å². The van der Waals surface area contributed by atoms with Crippen molar-refractivity contribution in [2.24, 2.45) is 0 Å². The number of methoxy groups -OCH3 is 3. The number of fused-ring (bicyclic) bond motifs is 1. The average molecular weight is 352 g/mol. The van der Waals surface area contributed by atoms with E-state index in [1.165, 1.54) is 5.56 Å². The maximum atomic E-state index is 5.59. The second kappa shape index (κ2) is 8.06. The number of aromatic nitrogens is 1. The monoisotopic (exact) mass is 352 g/mol. The van der Waals surface area contributed by atoms with E-state index in [4.69, 9.17) is 14.2 Å². The molecule has 1 heterocycles. The molecule has 1 aromatic heterocycles. The predicted octanol–water partition coefficient (Wildman–Crippen LogP) is 3.89. The predicted molar refractivity (Wildman–Crippen MR) is 103 cm³/mol. The molecule has 0 radical (unpaired) electrons. The third-order valence-electron chi connectivity index (χ3n) is 4.38. The van der Waals surface area contributed by atoms with Crippen LogP contribution in [0.4, 0.5) is 0 Å². The van der Waals surface area contributed by atoms with E-state index in [0.29, 0.717) is 23.8 Å². The Morgan fingerprint density at radius 2 is 1.54 bits per heavy atom. The fourth-order valence-corrected chi connectivity index (χ4v) is 3.22. The number of ether oxygens (including phenoxy) is 3. The van der Waals surface area contributed by atoms with Gasteiger partial charge in [-0.2, -0.15) is 0 Å². The Hall–Kier alpha value is -2.79. The normalized spacial score (nSPS) is 11.0. The smallest absolute Gasteiger partial charge is 0.203 e. The second-order valence-electron chi connectivity index (χ2n) is 6.16. The summed E-state index contributed by atoms with van der Waals surface area (Å²) in [5.74, 6) is 1.98. The molecule has 0 aliphatic carbocycles. The summed E-state index contributed by atoms with van der Waals surface area (Å²) in [7, 11) is 6.97. The number of para-hydroxylation sites is 1. The van der Waals surface area contributed by atoms with Gasteiger partial charge >= 0.3 is 0 Å². The summed E-state index contributed by atoms with van der Waals surface area (Å²) < 4.78 is 16.4. The highest BCUT2D eigenvalue weighted by atomic mass is 16.5. The third kappa shape index (κ3) is 3.58. The summed E-state index contributed by atoms with van der Waals surface area (Å²) in [5, 5.41) is 1.15. The summed E-state index contributed by atoms with van der Waals surface area (Å²) in [4.78, 5) is 6.77. The fraction of sp³-hybridized carbons (Fsp3) is 0.286. The first-order chi connectivity index (χ1) is 12.7. The number of benzene rings is 2. The Kier molecular flexibility index (Phi) is 5.58. The zero-order valence-electron chi connectivity index (χ0n) is 15.7. The van der Waals surface area contributed by atoms with Crippen LogP contribution in [0.2, 0.25) is 0 Å². The van der Waals surface area contributed by atoms with Gasteiger partial charge in [-0.1, -0.05) is 30.3 Å². The molecule has 136 valence electrons. The van der Waals surface area contributed by atoms with Crippen LogP contribution in [0.25, 0.3) is 10.9 Å². The summed E-state index contributed by atoms with van der Waals surface area (Å²) in [6.07, 6.45) is 1.84. The molecule has 3 aromatic rings. The maximum absolute atomic E-state index is 5.59. The molecule has 0 fully saturated rings. The van der Waals surface area contributed by atoms with E-state index >= 15 is 0 Å². The van der Waals surface area contributed by atoms with Crippen molar-refractivity contribution in [1.82, 2.24) is 9.88 Å². The lowest BCUT2D eigenvalue weighted by molar-refractivity contribution is 0.297. The standard InChI is InChI=1S/C21H24N2O3/c1-23(13-16-8-5-7-15-9-6-12-22-19(15)16)14-17-10-11-18(24-2)21(26-4)20(17)25-3/h5-12H,13-14H2,1-4H3. The molecule has 0 bridgehead atoms. The van der Waals surface area contributed by atoms with E-state index < -0.39 is 0 Å². The molecule has 0 amide bonds. The molecule has 0 atom stereocenters. The summed E-state index contributed by atoms with van der Waals surface area (Å²) in [6, 6.07) is 14.3. The van der Waals surface area contributed by atoms with Crippen molar-refractivity contribution in [3.8, 4) is 17.2 Å². The van der Waals surface area contributed by atoms with Gasteiger partial charge in [0.25, 0.3) is 0 Å². The number of hydrogen-bond donors (Lipinski definition) is 0. The van der Waals surface area contributed by atoms with E-state index in [2.05, 4.69) is 41.2 Å². The minimum atomic E-state index is 0.618. The average Bonchev–Trinajstić information content (AvgIpc) is 2.67. The Bertz CT molecular complexity index is 890. The largest absolute Gasteiger partial charge is 0.493 e. The number of pyridine rings is 1. The molecule has 0 saturated heterocycles. The lowest BCUT2D eigenvalue weighted by Gasteiger charge is -2.21. The Morgan fingerprint density at radius 1 is 0.808 bits per heavy atom. The lowest BCUT2D eigenvalue weighted by atomic mass is 10.1. The first-order valence-corrected chi connectivity index (χ1v) is 8.47. The summed E-state index contributed by atoms with van der Waals surface area (Å²) in [6.45, 7) is 1.50. The van der Waals surface area contributed by atoms with Crippen molar-refractivity contribution >= 4 is 10.9 Å². The molecule has 0 spiro atoms. The van der Waals surface area contributed by atoms with Crippen molar-refractivity contribution in [3.63, 3.8) is 0 Å². The van der Waals surface area contributed by atoms with Gasteiger partial charge in [-0.3, -0.25) is 9.88 Å². The van der Waals surface area contributed by atoms with Crippen molar-refractivity contribution in [2.45, 2.75) is 13.1 Å².